The highest BCUT2D eigenvalue weighted by molar-refractivity contribution is 7.23. The predicted octanol–water partition coefficient (Wildman–Crippen LogP) is 5.28. The van der Waals surface area contributed by atoms with Crippen molar-refractivity contribution in [2.45, 2.75) is 6.92 Å². The molecule has 0 spiro atoms. The Morgan fingerprint density at radius 2 is 1.92 bits per heavy atom. The van der Waals surface area contributed by atoms with Crippen LogP contribution in [0, 0.1) is 0 Å². The summed E-state index contributed by atoms with van der Waals surface area (Å²) in [5.74, 6) is 0.766. The van der Waals surface area contributed by atoms with Gasteiger partial charge in [-0.05, 0) is 24.1 Å². The molecule has 0 saturated carbocycles. The third-order valence-electron chi connectivity index (χ3n) is 4.44. The fraction of sp³-hybridized carbons (Fsp3) is 0.0909. The van der Waals surface area contributed by atoms with Crippen LogP contribution >= 0.6 is 8.86 Å². The summed E-state index contributed by atoms with van der Waals surface area (Å²) in [6.07, 6.45) is 2.76. The Labute approximate surface area is 155 Å². The van der Waals surface area contributed by atoms with Crippen molar-refractivity contribution in [3.63, 3.8) is 0 Å². The summed E-state index contributed by atoms with van der Waals surface area (Å²) >= 11 is 0. The number of hydrogen-bond donors (Lipinski definition) is 1. The molecular formula is C22H20NO2P. The molecule has 0 fully saturated rings. The molecule has 1 N–H and O–H groups in total. The first kappa shape index (κ1) is 17.9. The van der Waals surface area contributed by atoms with E-state index in [1.807, 2.05) is 61.7 Å². The van der Waals surface area contributed by atoms with E-state index in [1.165, 1.54) is 0 Å². The smallest absolute Gasteiger partial charge is 0.150 e. The number of ether oxygens (including phenoxy) is 1. The lowest BCUT2D eigenvalue weighted by molar-refractivity contribution is 0.112. The summed E-state index contributed by atoms with van der Waals surface area (Å²) in [4.78, 5) is 14.2. The zero-order chi connectivity index (χ0) is 18.7. The molecule has 0 unspecified atom stereocenters. The number of fused-ring (bicyclic) bond motifs is 1. The van der Waals surface area contributed by atoms with E-state index in [9.17, 15) is 4.79 Å². The van der Waals surface area contributed by atoms with Gasteiger partial charge in [-0.15, -0.1) is 8.86 Å². The molecule has 26 heavy (non-hydrogen) atoms. The van der Waals surface area contributed by atoms with Gasteiger partial charge < -0.3 is 9.72 Å². The highest BCUT2D eigenvalue weighted by atomic mass is 31.0. The van der Waals surface area contributed by atoms with E-state index in [1.54, 1.807) is 7.11 Å². The number of methoxy groups -OCH3 is 1. The zero-order valence-electron chi connectivity index (χ0n) is 14.8. The van der Waals surface area contributed by atoms with Gasteiger partial charge in [-0.25, -0.2) is 0 Å². The van der Waals surface area contributed by atoms with Gasteiger partial charge in [-0.3, -0.25) is 4.79 Å². The number of carbonyl (C=O) groups excluding carboxylic acids is 1. The van der Waals surface area contributed by atoms with Crippen LogP contribution in [-0.4, -0.2) is 23.7 Å². The summed E-state index contributed by atoms with van der Waals surface area (Å²) in [5.41, 5.74) is 5.32. The van der Waals surface area contributed by atoms with Crippen LogP contribution in [0.5, 0.6) is 0 Å². The first-order valence-corrected chi connectivity index (χ1v) is 8.72. The van der Waals surface area contributed by atoms with Crippen LogP contribution in [0.15, 0.2) is 72.6 Å². The molecule has 0 radical (unpaired) electrons. The van der Waals surface area contributed by atoms with E-state index in [-0.39, 0.29) is 0 Å². The fourth-order valence-electron chi connectivity index (χ4n) is 2.98. The lowest BCUT2D eigenvalue weighted by Gasteiger charge is -2.16. The van der Waals surface area contributed by atoms with Crippen LogP contribution in [0.25, 0.3) is 16.5 Å². The molecule has 0 aliphatic rings. The number of benzene rings is 2. The van der Waals surface area contributed by atoms with Gasteiger partial charge in [0, 0.05) is 39.1 Å². The third kappa shape index (κ3) is 3.26. The van der Waals surface area contributed by atoms with Crippen molar-refractivity contribution in [1.29, 1.82) is 0 Å². The van der Waals surface area contributed by atoms with Crippen LogP contribution in [0.4, 0.5) is 0 Å². The van der Waals surface area contributed by atoms with E-state index in [2.05, 4.69) is 20.4 Å². The van der Waals surface area contributed by atoms with Crippen LogP contribution in [-0.2, 0) is 4.74 Å². The van der Waals surface area contributed by atoms with Crippen molar-refractivity contribution in [3.05, 3.63) is 89.3 Å². The van der Waals surface area contributed by atoms with Crippen molar-refractivity contribution in [3.8, 4) is 0 Å². The van der Waals surface area contributed by atoms with Gasteiger partial charge in [0.1, 0.15) is 12.0 Å². The SMILES string of the molecule is C=C(/C(C(=P)c1c[nH]c2cc(C=O)ccc12)=C(/C)OC)c1ccccc1. The number of rotatable bonds is 6. The lowest BCUT2D eigenvalue weighted by Crippen LogP contribution is -2.07. The molecule has 1 aromatic heterocycles. The fourth-order valence-corrected chi connectivity index (χ4v) is 3.52. The van der Waals surface area contributed by atoms with Crippen molar-refractivity contribution in [1.82, 2.24) is 4.98 Å². The molecular weight excluding hydrogens is 341 g/mol. The highest BCUT2D eigenvalue weighted by Gasteiger charge is 2.18. The number of carbonyl (C=O) groups is 1. The van der Waals surface area contributed by atoms with Gasteiger partial charge in [-0.1, -0.05) is 49.0 Å². The summed E-state index contributed by atoms with van der Waals surface area (Å²) < 4.78 is 5.53. The van der Waals surface area contributed by atoms with E-state index in [0.717, 1.165) is 50.5 Å². The van der Waals surface area contributed by atoms with Gasteiger partial charge in [-0.2, -0.15) is 0 Å². The number of aldehydes is 1. The highest BCUT2D eigenvalue weighted by Crippen LogP contribution is 2.31. The van der Waals surface area contributed by atoms with E-state index < -0.39 is 0 Å². The third-order valence-corrected chi connectivity index (χ3v) is 4.96. The molecule has 3 rings (SSSR count). The number of allylic oxidation sites excluding steroid dienone is 3. The molecule has 3 aromatic rings. The van der Waals surface area contributed by atoms with Crippen LogP contribution in [0.3, 0.4) is 0 Å². The van der Waals surface area contributed by atoms with Crippen LogP contribution in [0.1, 0.15) is 28.4 Å². The van der Waals surface area contributed by atoms with Gasteiger partial charge in [0.25, 0.3) is 0 Å². The number of aromatic nitrogens is 1. The van der Waals surface area contributed by atoms with Crippen molar-refractivity contribution < 1.29 is 9.53 Å². The minimum Gasteiger partial charge on any atom is -0.501 e. The molecule has 0 bridgehead atoms. The Kier molecular flexibility index (Phi) is 5.20. The van der Waals surface area contributed by atoms with Crippen molar-refractivity contribution in [2.75, 3.05) is 7.11 Å². The Balaban J connectivity index is 2.10. The molecule has 2 aromatic carbocycles. The summed E-state index contributed by atoms with van der Waals surface area (Å²) in [5, 5.41) is 1.89. The quantitative estimate of drug-likeness (QED) is 0.281. The summed E-state index contributed by atoms with van der Waals surface area (Å²) in [6.45, 7) is 6.21. The molecule has 0 aliphatic heterocycles. The first-order chi connectivity index (χ1) is 12.6. The Morgan fingerprint density at radius 1 is 1.19 bits per heavy atom. The molecule has 4 heteroatoms. The molecule has 3 nitrogen and oxygen atoms in total. The van der Waals surface area contributed by atoms with Crippen molar-refractivity contribution in [2.24, 2.45) is 0 Å². The van der Waals surface area contributed by atoms with Gasteiger partial charge in [0.05, 0.1) is 7.11 Å². The van der Waals surface area contributed by atoms with Crippen LogP contribution < -0.4 is 0 Å². The average molecular weight is 361 g/mol. The second-order valence-corrected chi connectivity index (χ2v) is 6.48. The molecule has 0 saturated heterocycles. The zero-order valence-corrected chi connectivity index (χ0v) is 15.8. The van der Waals surface area contributed by atoms with Gasteiger partial charge in [0.15, 0.2) is 0 Å². The normalized spacial score (nSPS) is 11.8. The maximum absolute atomic E-state index is 11.0. The molecule has 1 heterocycles. The monoisotopic (exact) mass is 361 g/mol. The minimum atomic E-state index is 0.638. The first-order valence-electron chi connectivity index (χ1n) is 8.22. The number of nitrogens with one attached hydrogen (secondary N) is 1. The van der Waals surface area contributed by atoms with Crippen LogP contribution in [0.2, 0.25) is 0 Å². The second kappa shape index (κ2) is 7.55. The molecule has 0 amide bonds. The molecule has 0 aliphatic carbocycles. The molecule has 0 atom stereocenters. The predicted molar refractivity (Wildman–Crippen MR) is 111 cm³/mol. The Bertz CT molecular complexity index is 1030. The lowest BCUT2D eigenvalue weighted by atomic mass is 9.92. The number of hydrogen-bond acceptors (Lipinski definition) is 2. The van der Waals surface area contributed by atoms with E-state index in [4.69, 9.17) is 4.74 Å². The summed E-state index contributed by atoms with van der Waals surface area (Å²) in [7, 11) is 5.47. The second-order valence-electron chi connectivity index (χ2n) is 5.98. The Morgan fingerprint density at radius 3 is 2.58 bits per heavy atom. The van der Waals surface area contributed by atoms with E-state index >= 15 is 0 Å². The van der Waals surface area contributed by atoms with Gasteiger partial charge >= 0.3 is 0 Å². The average Bonchev–Trinajstić information content (AvgIpc) is 3.11. The standard InChI is InChI=1S/C22H20NO2P/c1-14(17-7-5-4-6-8-17)21(15(2)25-3)22(26)19-12-23-20-11-16(13-24)9-10-18(19)20/h4-13,23,26H,1H2,2-3H3/b21-15+. The topological polar surface area (TPSA) is 42.1 Å². The van der Waals surface area contributed by atoms with Gasteiger partial charge in [0.2, 0.25) is 0 Å². The van der Waals surface area contributed by atoms with Crippen molar-refractivity contribution >= 4 is 36.9 Å². The Hall–Kier alpha value is -2.90. The minimum absolute atomic E-state index is 0.638. The molecule has 130 valence electrons. The maximum atomic E-state index is 11.0. The number of H-pyrrole nitrogens is 1. The maximum Gasteiger partial charge on any atom is 0.150 e. The number of aromatic amines is 1. The summed E-state index contributed by atoms with van der Waals surface area (Å²) in [6, 6.07) is 15.6. The van der Waals surface area contributed by atoms with E-state index in [0.29, 0.717) is 5.56 Å². The largest absolute Gasteiger partial charge is 0.501 e.